The van der Waals surface area contributed by atoms with Crippen molar-refractivity contribution in [2.45, 2.75) is 12.3 Å². The maximum atomic E-state index is 12.8. The molecular formula is C15H15F2NO2. The first-order chi connectivity index (χ1) is 9.60. The number of H-pyrrole nitrogens is 1. The number of alkyl halides is 2. The topological polar surface area (TPSA) is 34.2 Å². The van der Waals surface area contributed by atoms with E-state index in [0.29, 0.717) is 11.5 Å². The van der Waals surface area contributed by atoms with E-state index in [1.54, 1.807) is 6.07 Å². The molecular weight excluding hydrogens is 264 g/mol. The smallest absolute Gasteiger partial charge is 0.255 e. The van der Waals surface area contributed by atoms with Crippen LogP contribution in [0.25, 0.3) is 11.3 Å². The molecule has 0 amide bonds. The minimum atomic E-state index is -2.56. The van der Waals surface area contributed by atoms with Crippen LogP contribution in [0.4, 0.5) is 8.78 Å². The summed E-state index contributed by atoms with van der Waals surface area (Å²) in [7, 11) is 1.53. The molecule has 0 radical (unpaired) electrons. The Labute approximate surface area is 115 Å². The Morgan fingerprint density at radius 1 is 1.30 bits per heavy atom. The van der Waals surface area contributed by atoms with E-state index in [-0.39, 0.29) is 13.0 Å². The molecule has 0 spiro atoms. The molecule has 1 heterocycles. The number of ether oxygens (including phenoxy) is 2. The molecule has 106 valence electrons. The minimum Gasteiger partial charge on any atom is -0.493 e. The number of hydrogen-bond acceptors (Lipinski definition) is 2. The molecule has 1 aromatic carbocycles. The molecule has 1 saturated carbocycles. The zero-order valence-electron chi connectivity index (χ0n) is 11.0. The van der Waals surface area contributed by atoms with Crippen LogP contribution in [-0.2, 0) is 0 Å². The highest BCUT2D eigenvalue weighted by atomic mass is 19.3. The van der Waals surface area contributed by atoms with Crippen molar-refractivity contribution in [3.8, 4) is 22.8 Å². The van der Waals surface area contributed by atoms with Crippen LogP contribution in [0.15, 0.2) is 36.5 Å². The molecule has 3 nitrogen and oxygen atoms in total. The molecule has 1 atom stereocenters. The molecule has 0 aliphatic heterocycles. The average Bonchev–Trinajstić information content (AvgIpc) is 2.84. The molecule has 2 aromatic rings. The van der Waals surface area contributed by atoms with E-state index in [2.05, 4.69) is 4.98 Å². The Balaban J connectivity index is 1.74. The van der Waals surface area contributed by atoms with Crippen molar-refractivity contribution >= 4 is 0 Å². The molecule has 0 saturated heterocycles. The second kappa shape index (κ2) is 4.81. The van der Waals surface area contributed by atoms with Crippen molar-refractivity contribution in [1.29, 1.82) is 0 Å². The Kier molecular flexibility index (Phi) is 3.12. The van der Waals surface area contributed by atoms with Crippen LogP contribution in [0.3, 0.4) is 0 Å². The molecule has 0 bridgehead atoms. The number of halogens is 2. The van der Waals surface area contributed by atoms with E-state index < -0.39 is 11.8 Å². The lowest BCUT2D eigenvalue weighted by Crippen LogP contribution is -2.06. The van der Waals surface area contributed by atoms with Crippen LogP contribution in [0.5, 0.6) is 11.5 Å². The fourth-order valence-corrected chi connectivity index (χ4v) is 2.11. The van der Waals surface area contributed by atoms with Crippen molar-refractivity contribution in [3.05, 3.63) is 36.5 Å². The summed E-state index contributed by atoms with van der Waals surface area (Å²) in [6.45, 7) is 0.0191. The van der Waals surface area contributed by atoms with Gasteiger partial charge in [0.05, 0.1) is 19.6 Å². The van der Waals surface area contributed by atoms with Gasteiger partial charge in [-0.15, -0.1) is 0 Å². The van der Waals surface area contributed by atoms with Crippen molar-refractivity contribution in [1.82, 2.24) is 4.98 Å². The van der Waals surface area contributed by atoms with E-state index in [9.17, 15) is 8.78 Å². The fourth-order valence-electron chi connectivity index (χ4n) is 2.11. The minimum absolute atomic E-state index is 0.0191. The third kappa shape index (κ3) is 2.48. The summed E-state index contributed by atoms with van der Waals surface area (Å²) in [5, 5.41) is 0. The normalized spacial score (nSPS) is 19.6. The SMILES string of the molecule is COc1cc(-c2ccc[nH]2)ccc1OC[C@H]1CC1(F)F. The van der Waals surface area contributed by atoms with Crippen molar-refractivity contribution < 1.29 is 18.3 Å². The van der Waals surface area contributed by atoms with E-state index >= 15 is 0 Å². The van der Waals surface area contributed by atoms with Crippen molar-refractivity contribution in [2.75, 3.05) is 13.7 Å². The maximum Gasteiger partial charge on any atom is 0.255 e. The zero-order chi connectivity index (χ0) is 14.2. The third-order valence-electron chi connectivity index (χ3n) is 3.47. The number of methoxy groups -OCH3 is 1. The van der Waals surface area contributed by atoms with Crippen LogP contribution in [0, 0.1) is 5.92 Å². The van der Waals surface area contributed by atoms with Crippen LogP contribution >= 0.6 is 0 Å². The quantitative estimate of drug-likeness (QED) is 0.905. The molecule has 1 aliphatic rings. The first kappa shape index (κ1) is 13.0. The summed E-state index contributed by atoms with van der Waals surface area (Å²) in [5.41, 5.74) is 1.92. The summed E-state index contributed by atoms with van der Waals surface area (Å²) in [5.74, 6) is -2.20. The van der Waals surface area contributed by atoms with Gasteiger partial charge in [-0.05, 0) is 30.3 Å². The van der Waals surface area contributed by atoms with Crippen molar-refractivity contribution in [3.63, 3.8) is 0 Å². The number of rotatable bonds is 5. The lowest BCUT2D eigenvalue weighted by Gasteiger charge is -2.11. The van der Waals surface area contributed by atoms with Crippen molar-refractivity contribution in [2.24, 2.45) is 5.92 Å². The molecule has 1 aliphatic carbocycles. The number of hydrogen-bond donors (Lipinski definition) is 1. The molecule has 3 rings (SSSR count). The summed E-state index contributed by atoms with van der Waals surface area (Å²) in [4.78, 5) is 3.10. The summed E-state index contributed by atoms with van der Waals surface area (Å²) in [6, 6.07) is 9.29. The Bertz CT molecular complexity index is 596. The summed E-state index contributed by atoms with van der Waals surface area (Å²) in [6.07, 6.45) is 1.75. The monoisotopic (exact) mass is 279 g/mol. The van der Waals surface area contributed by atoms with E-state index in [4.69, 9.17) is 9.47 Å². The van der Waals surface area contributed by atoms with Gasteiger partial charge >= 0.3 is 0 Å². The lowest BCUT2D eigenvalue weighted by atomic mass is 10.1. The van der Waals surface area contributed by atoms with E-state index in [1.807, 2.05) is 30.5 Å². The third-order valence-corrected chi connectivity index (χ3v) is 3.47. The highest BCUT2D eigenvalue weighted by Gasteiger charge is 2.57. The molecule has 1 fully saturated rings. The number of aromatic amines is 1. The first-order valence-corrected chi connectivity index (χ1v) is 6.42. The first-order valence-electron chi connectivity index (χ1n) is 6.42. The highest BCUT2D eigenvalue weighted by Crippen LogP contribution is 2.49. The van der Waals surface area contributed by atoms with Crippen LogP contribution in [0.1, 0.15) is 6.42 Å². The molecule has 1 aromatic heterocycles. The predicted octanol–water partition coefficient (Wildman–Crippen LogP) is 3.72. The predicted molar refractivity (Wildman–Crippen MR) is 71.3 cm³/mol. The number of benzene rings is 1. The molecule has 20 heavy (non-hydrogen) atoms. The van der Waals surface area contributed by atoms with Gasteiger partial charge in [-0.2, -0.15) is 0 Å². The maximum absolute atomic E-state index is 12.8. The second-order valence-electron chi connectivity index (χ2n) is 4.92. The zero-order valence-corrected chi connectivity index (χ0v) is 11.0. The van der Waals surface area contributed by atoms with Crippen LogP contribution in [-0.4, -0.2) is 24.6 Å². The second-order valence-corrected chi connectivity index (χ2v) is 4.92. The molecule has 0 unspecified atom stereocenters. The molecule has 1 N–H and O–H groups in total. The van der Waals surface area contributed by atoms with Crippen LogP contribution < -0.4 is 9.47 Å². The number of aromatic nitrogens is 1. The van der Waals surface area contributed by atoms with Gasteiger partial charge < -0.3 is 14.5 Å². The van der Waals surface area contributed by atoms with Gasteiger partial charge in [-0.25, -0.2) is 8.78 Å². The fraction of sp³-hybridized carbons (Fsp3) is 0.333. The van der Waals surface area contributed by atoms with Gasteiger partial charge in [0.1, 0.15) is 0 Å². The average molecular weight is 279 g/mol. The van der Waals surface area contributed by atoms with Gasteiger partial charge in [0, 0.05) is 23.9 Å². The Morgan fingerprint density at radius 2 is 2.10 bits per heavy atom. The number of nitrogens with one attached hydrogen (secondary N) is 1. The largest absolute Gasteiger partial charge is 0.493 e. The van der Waals surface area contributed by atoms with Gasteiger partial charge in [0.25, 0.3) is 5.92 Å². The van der Waals surface area contributed by atoms with Gasteiger partial charge in [-0.1, -0.05) is 0 Å². The Morgan fingerprint density at radius 3 is 2.70 bits per heavy atom. The standard InChI is InChI=1S/C15H15F2NO2/c1-19-14-7-10(12-3-2-6-18-12)4-5-13(14)20-9-11-8-15(11,16)17/h2-7,11,18H,8-9H2,1H3/t11-/m1/s1. The van der Waals surface area contributed by atoms with Crippen LogP contribution in [0.2, 0.25) is 0 Å². The summed E-state index contributed by atoms with van der Waals surface area (Å²) < 4.78 is 36.3. The Hall–Kier alpha value is -2.04. The van der Waals surface area contributed by atoms with Gasteiger partial charge in [-0.3, -0.25) is 0 Å². The van der Waals surface area contributed by atoms with Gasteiger partial charge in [0.15, 0.2) is 11.5 Å². The lowest BCUT2D eigenvalue weighted by molar-refractivity contribution is 0.0851. The van der Waals surface area contributed by atoms with E-state index in [0.717, 1.165) is 11.3 Å². The molecule has 5 heteroatoms. The highest BCUT2D eigenvalue weighted by molar-refractivity contribution is 5.64. The summed E-state index contributed by atoms with van der Waals surface area (Å²) >= 11 is 0. The van der Waals surface area contributed by atoms with E-state index in [1.165, 1.54) is 7.11 Å². The van der Waals surface area contributed by atoms with Gasteiger partial charge in [0.2, 0.25) is 0 Å².